The van der Waals surface area contributed by atoms with Crippen LogP contribution in [0, 0.1) is 13.8 Å². The monoisotopic (exact) mass is 442 g/mol. The van der Waals surface area contributed by atoms with Crippen molar-refractivity contribution in [2.45, 2.75) is 33.5 Å². The number of aryl methyl sites for hydroxylation is 1. The Labute approximate surface area is 175 Å². The van der Waals surface area contributed by atoms with Crippen LogP contribution < -0.4 is 5.32 Å². The standard InChI is InChI=1S/C20H21F3N2O4S/c1-12-13(2)30-18(24-14(3)26)17(12)19(28)29-10-16(27)25(11-20(21,22)23)9-15-7-5-4-6-8-15/h4-8H,9-11H2,1-3H3,(H,24,26). The van der Waals surface area contributed by atoms with E-state index in [1.807, 2.05) is 0 Å². The Morgan fingerprint density at radius 2 is 1.77 bits per heavy atom. The fourth-order valence-electron chi connectivity index (χ4n) is 2.66. The first kappa shape index (κ1) is 23.4. The van der Waals surface area contributed by atoms with Gasteiger partial charge < -0.3 is 15.0 Å². The number of nitrogens with one attached hydrogen (secondary N) is 1. The molecule has 0 saturated carbocycles. The van der Waals surface area contributed by atoms with Crippen LogP contribution >= 0.6 is 11.3 Å². The third-order valence-corrected chi connectivity index (χ3v) is 5.27. The number of hydrogen-bond donors (Lipinski definition) is 1. The molecule has 1 heterocycles. The molecule has 0 aliphatic carbocycles. The molecule has 0 bridgehead atoms. The summed E-state index contributed by atoms with van der Waals surface area (Å²) in [5.41, 5.74) is 1.17. The lowest BCUT2D eigenvalue weighted by Crippen LogP contribution is -2.40. The van der Waals surface area contributed by atoms with Gasteiger partial charge in [-0.3, -0.25) is 9.59 Å². The second-order valence-corrected chi connectivity index (χ2v) is 7.82. The fourth-order valence-corrected chi connectivity index (χ4v) is 3.76. The number of esters is 1. The van der Waals surface area contributed by atoms with E-state index >= 15 is 0 Å². The minimum atomic E-state index is -4.60. The van der Waals surface area contributed by atoms with Gasteiger partial charge in [-0.2, -0.15) is 13.2 Å². The summed E-state index contributed by atoms with van der Waals surface area (Å²) in [6.45, 7) is 2.09. The lowest BCUT2D eigenvalue weighted by atomic mass is 10.1. The average molecular weight is 442 g/mol. The molecule has 0 radical (unpaired) electrons. The second kappa shape index (κ2) is 9.75. The van der Waals surface area contributed by atoms with Crippen LogP contribution in [0.2, 0.25) is 0 Å². The van der Waals surface area contributed by atoms with Crippen molar-refractivity contribution in [2.75, 3.05) is 18.5 Å². The molecule has 30 heavy (non-hydrogen) atoms. The lowest BCUT2D eigenvalue weighted by molar-refractivity contribution is -0.164. The first-order valence-electron chi connectivity index (χ1n) is 8.91. The summed E-state index contributed by atoms with van der Waals surface area (Å²) in [6.07, 6.45) is -4.60. The van der Waals surface area contributed by atoms with Gasteiger partial charge in [-0.1, -0.05) is 30.3 Å². The van der Waals surface area contributed by atoms with E-state index in [9.17, 15) is 27.6 Å². The highest BCUT2D eigenvalue weighted by Gasteiger charge is 2.33. The Morgan fingerprint density at radius 3 is 2.33 bits per heavy atom. The maximum Gasteiger partial charge on any atom is 0.406 e. The molecule has 0 unspecified atom stereocenters. The Balaban J connectivity index is 2.12. The number of alkyl halides is 3. The van der Waals surface area contributed by atoms with E-state index < -0.39 is 31.2 Å². The van der Waals surface area contributed by atoms with Crippen molar-refractivity contribution in [2.24, 2.45) is 0 Å². The largest absolute Gasteiger partial charge is 0.452 e. The van der Waals surface area contributed by atoms with Crippen LogP contribution in [0.25, 0.3) is 0 Å². The van der Waals surface area contributed by atoms with Crippen molar-refractivity contribution in [3.63, 3.8) is 0 Å². The Morgan fingerprint density at radius 1 is 1.13 bits per heavy atom. The zero-order valence-corrected chi connectivity index (χ0v) is 17.4. The third-order valence-electron chi connectivity index (χ3n) is 4.14. The summed E-state index contributed by atoms with van der Waals surface area (Å²) in [6, 6.07) is 8.20. The summed E-state index contributed by atoms with van der Waals surface area (Å²) in [5.74, 6) is -2.25. The SMILES string of the molecule is CC(=O)Nc1sc(C)c(C)c1C(=O)OCC(=O)N(Cc1ccccc1)CC(F)(F)F. The zero-order valence-electron chi connectivity index (χ0n) is 16.6. The van der Waals surface area contributed by atoms with Crippen molar-refractivity contribution in [1.29, 1.82) is 0 Å². The Hall–Kier alpha value is -2.88. The van der Waals surface area contributed by atoms with Gasteiger partial charge in [-0.25, -0.2) is 4.79 Å². The number of amides is 2. The van der Waals surface area contributed by atoms with Crippen LogP contribution in [0.1, 0.15) is 33.3 Å². The van der Waals surface area contributed by atoms with Crippen molar-refractivity contribution < 1.29 is 32.3 Å². The Bertz CT molecular complexity index is 926. The summed E-state index contributed by atoms with van der Waals surface area (Å²) < 4.78 is 43.8. The van der Waals surface area contributed by atoms with Gasteiger partial charge >= 0.3 is 12.1 Å². The number of halogens is 3. The predicted molar refractivity (Wildman–Crippen MR) is 106 cm³/mol. The fraction of sp³-hybridized carbons (Fsp3) is 0.350. The molecule has 2 aromatic rings. The molecule has 10 heteroatoms. The van der Waals surface area contributed by atoms with E-state index in [0.717, 1.165) is 4.88 Å². The maximum atomic E-state index is 12.9. The zero-order chi connectivity index (χ0) is 22.5. The van der Waals surface area contributed by atoms with Gasteiger partial charge in [-0.15, -0.1) is 11.3 Å². The number of anilines is 1. The van der Waals surface area contributed by atoms with Gasteiger partial charge in [0.1, 0.15) is 11.5 Å². The average Bonchev–Trinajstić information content (AvgIpc) is 2.91. The van der Waals surface area contributed by atoms with Gasteiger partial charge in [0, 0.05) is 18.3 Å². The molecule has 1 aromatic carbocycles. The highest BCUT2D eigenvalue weighted by atomic mass is 32.1. The molecule has 2 amide bonds. The first-order valence-corrected chi connectivity index (χ1v) is 9.72. The van der Waals surface area contributed by atoms with E-state index in [-0.39, 0.29) is 23.0 Å². The quantitative estimate of drug-likeness (QED) is 0.656. The van der Waals surface area contributed by atoms with Gasteiger partial charge in [0.25, 0.3) is 5.91 Å². The van der Waals surface area contributed by atoms with E-state index in [2.05, 4.69) is 5.32 Å². The number of carbonyl (C=O) groups is 3. The number of carbonyl (C=O) groups excluding carboxylic acids is 3. The molecule has 0 atom stereocenters. The van der Waals surface area contributed by atoms with Crippen molar-refractivity contribution in [3.05, 3.63) is 51.9 Å². The van der Waals surface area contributed by atoms with Gasteiger partial charge in [0.2, 0.25) is 5.91 Å². The van der Waals surface area contributed by atoms with Crippen molar-refractivity contribution in [1.82, 2.24) is 4.90 Å². The number of benzene rings is 1. The molecular formula is C20H21F3N2O4S. The second-order valence-electron chi connectivity index (χ2n) is 6.60. The molecule has 0 spiro atoms. The number of nitrogens with zero attached hydrogens (tertiary/aromatic N) is 1. The Kier molecular flexibility index (Phi) is 7.60. The number of hydrogen-bond acceptors (Lipinski definition) is 5. The van der Waals surface area contributed by atoms with Crippen LogP contribution in [0.5, 0.6) is 0 Å². The molecule has 0 aliphatic heterocycles. The number of thiophene rings is 1. The van der Waals surface area contributed by atoms with Crippen LogP contribution in [0.3, 0.4) is 0 Å². The molecule has 0 saturated heterocycles. The first-order chi connectivity index (χ1) is 14.0. The number of rotatable bonds is 7. The van der Waals surface area contributed by atoms with E-state index in [1.54, 1.807) is 44.2 Å². The minimum absolute atomic E-state index is 0.0888. The van der Waals surface area contributed by atoms with Gasteiger partial charge in [0.15, 0.2) is 6.61 Å². The molecule has 0 aliphatic rings. The maximum absolute atomic E-state index is 12.9. The predicted octanol–water partition coefficient (Wildman–Crippen LogP) is 4.07. The molecule has 6 nitrogen and oxygen atoms in total. The highest BCUT2D eigenvalue weighted by Crippen LogP contribution is 2.33. The number of ether oxygens (including phenoxy) is 1. The summed E-state index contributed by atoms with van der Waals surface area (Å²) in [5, 5.41) is 2.79. The highest BCUT2D eigenvalue weighted by molar-refractivity contribution is 7.16. The molecule has 1 N–H and O–H groups in total. The van der Waals surface area contributed by atoms with Gasteiger partial charge in [0.05, 0.1) is 5.56 Å². The van der Waals surface area contributed by atoms with Crippen LogP contribution in [-0.4, -0.2) is 42.0 Å². The summed E-state index contributed by atoms with van der Waals surface area (Å²) in [4.78, 5) is 37.6. The minimum Gasteiger partial charge on any atom is -0.452 e. The molecular weight excluding hydrogens is 421 g/mol. The topological polar surface area (TPSA) is 75.7 Å². The lowest BCUT2D eigenvalue weighted by Gasteiger charge is -2.24. The van der Waals surface area contributed by atoms with E-state index in [0.29, 0.717) is 16.0 Å². The molecule has 162 valence electrons. The van der Waals surface area contributed by atoms with Crippen molar-refractivity contribution >= 4 is 34.1 Å². The van der Waals surface area contributed by atoms with Crippen LogP contribution in [-0.2, 0) is 20.9 Å². The molecule has 1 aromatic heterocycles. The molecule has 2 rings (SSSR count). The normalized spacial score (nSPS) is 11.1. The van der Waals surface area contributed by atoms with E-state index in [4.69, 9.17) is 4.74 Å². The van der Waals surface area contributed by atoms with E-state index in [1.165, 1.54) is 18.3 Å². The summed E-state index contributed by atoms with van der Waals surface area (Å²) >= 11 is 1.17. The third kappa shape index (κ3) is 6.58. The van der Waals surface area contributed by atoms with Crippen LogP contribution in [0.15, 0.2) is 30.3 Å². The van der Waals surface area contributed by atoms with Crippen LogP contribution in [0.4, 0.5) is 18.2 Å². The van der Waals surface area contributed by atoms with Crippen molar-refractivity contribution in [3.8, 4) is 0 Å². The molecule has 0 fully saturated rings. The smallest absolute Gasteiger partial charge is 0.406 e. The van der Waals surface area contributed by atoms with Gasteiger partial charge in [-0.05, 0) is 25.0 Å². The summed E-state index contributed by atoms with van der Waals surface area (Å²) in [7, 11) is 0.